The van der Waals surface area contributed by atoms with Crippen LogP contribution in [0, 0.1) is 11.3 Å². The molecule has 0 aromatic carbocycles. The van der Waals surface area contributed by atoms with Crippen LogP contribution in [0.3, 0.4) is 0 Å². The average Bonchev–Trinajstić information content (AvgIpc) is 2.54. The van der Waals surface area contributed by atoms with Gasteiger partial charge >= 0.3 is 0 Å². The largest absolute Gasteiger partial charge is 0.342 e. The van der Waals surface area contributed by atoms with Gasteiger partial charge in [-0.1, -0.05) is 20.3 Å². The van der Waals surface area contributed by atoms with Gasteiger partial charge in [0.05, 0.1) is 5.41 Å². The Balaban J connectivity index is 1.97. The van der Waals surface area contributed by atoms with Crippen molar-refractivity contribution < 1.29 is 4.79 Å². The van der Waals surface area contributed by atoms with Crippen LogP contribution < -0.4 is 5.32 Å². The van der Waals surface area contributed by atoms with Crippen molar-refractivity contribution in [3.63, 3.8) is 0 Å². The number of nitrogens with one attached hydrogen (secondary N) is 1. The molecular formula is C17H32N2O. The Hall–Kier alpha value is -0.570. The van der Waals surface area contributed by atoms with Crippen LogP contribution in [0.4, 0.5) is 0 Å². The molecule has 2 fully saturated rings. The van der Waals surface area contributed by atoms with Gasteiger partial charge in [-0.05, 0) is 57.4 Å². The molecule has 1 atom stereocenters. The number of nitrogens with zero attached hydrogens (tertiary/aromatic N) is 1. The summed E-state index contributed by atoms with van der Waals surface area (Å²) in [4.78, 5) is 15.1. The second-order valence-corrected chi connectivity index (χ2v) is 6.91. The summed E-state index contributed by atoms with van der Waals surface area (Å²) in [6, 6.07) is 0.482. The number of piperidine rings is 1. The van der Waals surface area contributed by atoms with Crippen molar-refractivity contribution in [1.82, 2.24) is 10.2 Å². The third kappa shape index (κ3) is 3.19. The van der Waals surface area contributed by atoms with E-state index in [-0.39, 0.29) is 5.41 Å². The summed E-state index contributed by atoms with van der Waals surface area (Å²) in [6.45, 7) is 6.41. The molecule has 3 nitrogen and oxygen atoms in total. The molecule has 1 saturated heterocycles. The normalized spacial score (nSPS) is 34.8. The van der Waals surface area contributed by atoms with Crippen molar-refractivity contribution in [3.8, 4) is 0 Å². The first-order chi connectivity index (χ1) is 9.63. The molecule has 1 saturated carbocycles. The lowest BCUT2D eigenvalue weighted by molar-refractivity contribution is -0.145. The van der Waals surface area contributed by atoms with E-state index in [1.54, 1.807) is 0 Å². The molecule has 116 valence electrons. The summed E-state index contributed by atoms with van der Waals surface area (Å²) in [5, 5.41) is 3.43. The highest BCUT2D eigenvalue weighted by Crippen LogP contribution is 2.35. The van der Waals surface area contributed by atoms with Crippen LogP contribution in [-0.2, 0) is 4.79 Å². The Kier molecular flexibility index (Phi) is 5.48. The van der Waals surface area contributed by atoms with E-state index in [1.165, 1.54) is 32.1 Å². The van der Waals surface area contributed by atoms with E-state index in [0.717, 1.165) is 38.3 Å². The molecule has 0 spiro atoms. The van der Waals surface area contributed by atoms with E-state index in [9.17, 15) is 4.79 Å². The van der Waals surface area contributed by atoms with Crippen LogP contribution in [-0.4, -0.2) is 37.0 Å². The van der Waals surface area contributed by atoms with E-state index in [2.05, 4.69) is 24.1 Å². The van der Waals surface area contributed by atoms with Crippen molar-refractivity contribution in [2.75, 3.05) is 20.1 Å². The van der Waals surface area contributed by atoms with Gasteiger partial charge in [0.2, 0.25) is 5.91 Å². The summed E-state index contributed by atoms with van der Waals surface area (Å²) in [6.07, 6.45) is 9.47. The molecule has 0 radical (unpaired) electrons. The third-order valence-electron chi connectivity index (χ3n) is 5.86. The Labute approximate surface area is 124 Å². The van der Waals surface area contributed by atoms with E-state index in [1.807, 2.05) is 7.05 Å². The van der Waals surface area contributed by atoms with Gasteiger partial charge in [0.1, 0.15) is 0 Å². The minimum Gasteiger partial charge on any atom is -0.342 e. The monoisotopic (exact) mass is 280 g/mol. The molecular weight excluding hydrogens is 248 g/mol. The molecule has 1 heterocycles. The lowest BCUT2D eigenvalue weighted by Crippen LogP contribution is -2.53. The standard InChI is InChI=1S/C17H32N2O/c1-4-14-7-9-15(10-8-14)19(3)16(20)17(5-2)11-6-12-18-13-17/h14-15,18H,4-13H2,1-3H3. The van der Waals surface area contributed by atoms with E-state index < -0.39 is 0 Å². The molecule has 20 heavy (non-hydrogen) atoms. The fraction of sp³-hybridized carbons (Fsp3) is 0.941. The molecule has 0 aromatic heterocycles. The Morgan fingerprint density at radius 3 is 2.45 bits per heavy atom. The predicted octanol–water partition coefficient (Wildman–Crippen LogP) is 3.19. The SMILES string of the molecule is CCC1CCC(N(C)C(=O)C2(CC)CCCNC2)CC1. The van der Waals surface area contributed by atoms with Crippen LogP contribution >= 0.6 is 0 Å². The molecule has 1 amide bonds. The molecule has 1 unspecified atom stereocenters. The van der Waals surface area contributed by atoms with Gasteiger partial charge in [0.25, 0.3) is 0 Å². The highest BCUT2D eigenvalue weighted by atomic mass is 16.2. The second kappa shape index (κ2) is 6.93. The summed E-state index contributed by atoms with van der Waals surface area (Å²) < 4.78 is 0. The van der Waals surface area contributed by atoms with Gasteiger partial charge in [-0.3, -0.25) is 4.79 Å². The average molecular weight is 280 g/mol. The van der Waals surface area contributed by atoms with Gasteiger partial charge < -0.3 is 10.2 Å². The van der Waals surface area contributed by atoms with Crippen LogP contribution in [0.15, 0.2) is 0 Å². The second-order valence-electron chi connectivity index (χ2n) is 6.91. The van der Waals surface area contributed by atoms with E-state index >= 15 is 0 Å². The van der Waals surface area contributed by atoms with Crippen molar-refractivity contribution in [2.24, 2.45) is 11.3 Å². The number of amides is 1. The first-order valence-electron chi connectivity index (χ1n) is 8.61. The van der Waals surface area contributed by atoms with Gasteiger partial charge in [-0.15, -0.1) is 0 Å². The third-order valence-corrected chi connectivity index (χ3v) is 5.86. The number of carbonyl (C=O) groups is 1. The maximum atomic E-state index is 13.0. The zero-order valence-corrected chi connectivity index (χ0v) is 13.6. The van der Waals surface area contributed by atoms with Gasteiger partial charge in [0, 0.05) is 19.6 Å². The van der Waals surface area contributed by atoms with Crippen molar-refractivity contribution >= 4 is 5.91 Å². The van der Waals surface area contributed by atoms with Crippen molar-refractivity contribution in [2.45, 2.75) is 71.3 Å². The van der Waals surface area contributed by atoms with Crippen LogP contribution in [0.2, 0.25) is 0 Å². The molecule has 0 bridgehead atoms. The highest BCUT2D eigenvalue weighted by molar-refractivity contribution is 5.83. The number of rotatable bonds is 4. The Morgan fingerprint density at radius 1 is 1.25 bits per heavy atom. The first-order valence-corrected chi connectivity index (χ1v) is 8.61. The molecule has 3 heteroatoms. The van der Waals surface area contributed by atoms with E-state index in [4.69, 9.17) is 0 Å². The smallest absolute Gasteiger partial charge is 0.230 e. The number of hydrogen-bond acceptors (Lipinski definition) is 2. The van der Waals surface area contributed by atoms with Crippen LogP contribution in [0.25, 0.3) is 0 Å². The minimum atomic E-state index is -0.130. The fourth-order valence-corrected chi connectivity index (χ4v) is 4.08. The lowest BCUT2D eigenvalue weighted by Gasteiger charge is -2.42. The Bertz CT molecular complexity index is 315. The van der Waals surface area contributed by atoms with Crippen LogP contribution in [0.1, 0.15) is 65.2 Å². The summed E-state index contributed by atoms with van der Waals surface area (Å²) in [7, 11) is 2.05. The zero-order valence-electron chi connectivity index (χ0n) is 13.6. The first kappa shape index (κ1) is 15.8. The van der Waals surface area contributed by atoms with Gasteiger partial charge in [-0.25, -0.2) is 0 Å². The van der Waals surface area contributed by atoms with Crippen LogP contribution in [0.5, 0.6) is 0 Å². The molecule has 2 aliphatic rings. The topological polar surface area (TPSA) is 32.3 Å². The maximum absolute atomic E-state index is 13.0. The highest BCUT2D eigenvalue weighted by Gasteiger charge is 2.41. The molecule has 1 aliphatic carbocycles. The maximum Gasteiger partial charge on any atom is 0.230 e. The molecule has 1 aliphatic heterocycles. The molecule has 0 aromatic rings. The van der Waals surface area contributed by atoms with Crippen molar-refractivity contribution in [1.29, 1.82) is 0 Å². The summed E-state index contributed by atoms with van der Waals surface area (Å²) >= 11 is 0. The minimum absolute atomic E-state index is 0.130. The summed E-state index contributed by atoms with van der Waals surface area (Å²) in [5.74, 6) is 1.29. The van der Waals surface area contributed by atoms with Gasteiger partial charge in [-0.2, -0.15) is 0 Å². The molecule has 2 rings (SSSR count). The fourth-order valence-electron chi connectivity index (χ4n) is 4.08. The predicted molar refractivity (Wildman–Crippen MR) is 83.6 cm³/mol. The number of carbonyl (C=O) groups excluding carboxylic acids is 1. The van der Waals surface area contributed by atoms with Crippen molar-refractivity contribution in [3.05, 3.63) is 0 Å². The molecule has 1 N–H and O–H groups in total. The quantitative estimate of drug-likeness (QED) is 0.857. The lowest BCUT2D eigenvalue weighted by atomic mass is 9.76. The Morgan fingerprint density at radius 2 is 1.95 bits per heavy atom. The van der Waals surface area contributed by atoms with Gasteiger partial charge in [0.15, 0.2) is 0 Å². The zero-order chi connectivity index (χ0) is 14.6. The summed E-state index contributed by atoms with van der Waals surface area (Å²) in [5.41, 5.74) is -0.130. The van der Waals surface area contributed by atoms with E-state index in [0.29, 0.717) is 11.9 Å². The number of hydrogen-bond donors (Lipinski definition) is 1.